The zero-order valence-electron chi connectivity index (χ0n) is 20.7. The van der Waals surface area contributed by atoms with E-state index >= 15 is 0 Å². The molecule has 0 saturated heterocycles. The van der Waals surface area contributed by atoms with Crippen LogP contribution in [0.1, 0.15) is 46.4 Å². The third-order valence-corrected chi connectivity index (χ3v) is 6.37. The Bertz CT molecular complexity index is 1260. The van der Waals surface area contributed by atoms with Crippen molar-refractivity contribution in [2.45, 2.75) is 37.5 Å². The number of aliphatic hydroxyl groups is 1. The maximum absolute atomic E-state index is 12.9. The first-order chi connectivity index (χ1) is 18.5. The lowest BCUT2D eigenvalue weighted by Crippen LogP contribution is -2.62. The van der Waals surface area contributed by atoms with Gasteiger partial charge in [0.05, 0.1) is 34.4 Å². The molecule has 1 aliphatic carbocycles. The molecule has 0 aliphatic heterocycles. The molecule has 0 bridgehead atoms. The summed E-state index contributed by atoms with van der Waals surface area (Å²) in [7, 11) is 0. The molecule has 2 aromatic carbocycles. The molecule has 1 fully saturated rings. The number of benzene rings is 2. The molecule has 14 heteroatoms. The Morgan fingerprint density at radius 1 is 1.00 bits per heavy atom. The molecule has 0 heterocycles. The van der Waals surface area contributed by atoms with E-state index in [1.807, 2.05) is 0 Å². The van der Waals surface area contributed by atoms with E-state index in [4.69, 9.17) is 39.4 Å². The Morgan fingerprint density at radius 3 is 2.28 bits per heavy atom. The zero-order valence-corrected chi connectivity index (χ0v) is 22.2. The smallest absolute Gasteiger partial charge is 0.361 e. The highest BCUT2D eigenvalue weighted by Gasteiger charge is 2.42. The topological polar surface area (TPSA) is 198 Å². The molecule has 2 aromatic rings. The van der Waals surface area contributed by atoms with Crippen molar-refractivity contribution in [2.24, 2.45) is 16.5 Å². The number of hydrogen-bond donors (Lipinski definition) is 6. The summed E-state index contributed by atoms with van der Waals surface area (Å²) < 4.78 is 5.38. The number of ether oxygens (including phenoxy) is 1. The molecular formula is C25H28Cl2N6O6. The molecule has 1 aliphatic rings. The minimum absolute atomic E-state index is 0.0119. The summed E-state index contributed by atoms with van der Waals surface area (Å²) in [6, 6.07) is 10.4. The van der Waals surface area contributed by atoms with Gasteiger partial charge in [0.25, 0.3) is 17.5 Å². The van der Waals surface area contributed by atoms with Crippen LogP contribution in [0.3, 0.4) is 0 Å². The van der Waals surface area contributed by atoms with Gasteiger partial charge in [0.15, 0.2) is 5.96 Å². The first-order valence-electron chi connectivity index (χ1n) is 11.9. The number of guanidine groups is 1. The average Bonchev–Trinajstić information content (AvgIpc) is 3.38. The molecule has 208 valence electrons. The SMILES string of the molecule is NC(N)=Nc1cccc(C(=O)NCC(=O)NCC(O)(NC(=O)c2c(Cl)cccc2Cl)C(=O)OC2CCCC2)c1. The third kappa shape index (κ3) is 8.31. The van der Waals surface area contributed by atoms with Gasteiger partial charge < -0.3 is 37.3 Å². The van der Waals surface area contributed by atoms with Crippen molar-refractivity contribution in [3.8, 4) is 0 Å². The Morgan fingerprint density at radius 2 is 1.64 bits per heavy atom. The second-order valence-electron chi connectivity index (χ2n) is 8.77. The first-order valence-corrected chi connectivity index (χ1v) is 12.7. The van der Waals surface area contributed by atoms with Crippen LogP contribution in [0.25, 0.3) is 0 Å². The maximum Gasteiger partial charge on any atom is 0.361 e. The van der Waals surface area contributed by atoms with E-state index in [0.717, 1.165) is 12.8 Å². The summed E-state index contributed by atoms with van der Waals surface area (Å²) in [5.74, 6) is -3.67. The normalized spacial score (nSPS) is 14.5. The number of hydrogen-bond acceptors (Lipinski definition) is 7. The predicted molar refractivity (Wildman–Crippen MR) is 144 cm³/mol. The van der Waals surface area contributed by atoms with Gasteiger partial charge in [0, 0.05) is 5.56 Å². The van der Waals surface area contributed by atoms with Gasteiger partial charge in [-0.3, -0.25) is 14.4 Å². The molecular weight excluding hydrogens is 551 g/mol. The van der Waals surface area contributed by atoms with Crippen LogP contribution in [0.5, 0.6) is 0 Å². The number of esters is 1. The minimum atomic E-state index is -2.66. The van der Waals surface area contributed by atoms with E-state index in [0.29, 0.717) is 18.5 Å². The number of nitrogens with one attached hydrogen (secondary N) is 3. The summed E-state index contributed by atoms with van der Waals surface area (Å²) in [6.45, 7) is -1.27. The number of amides is 3. The molecule has 0 spiro atoms. The second kappa shape index (κ2) is 13.3. The quantitative estimate of drug-likeness (QED) is 0.105. The lowest BCUT2D eigenvalue weighted by Gasteiger charge is -2.29. The molecule has 8 N–H and O–H groups in total. The lowest BCUT2D eigenvalue weighted by molar-refractivity contribution is -0.173. The molecule has 3 amide bonds. The second-order valence-corrected chi connectivity index (χ2v) is 9.58. The van der Waals surface area contributed by atoms with Gasteiger partial charge in [-0.15, -0.1) is 0 Å². The predicted octanol–water partition coefficient (Wildman–Crippen LogP) is 1.35. The van der Waals surface area contributed by atoms with Crippen LogP contribution in [-0.4, -0.2) is 59.7 Å². The molecule has 1 saturated carbocycles. The summed E-state index contributed by atoms with van der Waals surface area (Å²) >= 11 is 12.2. The van der Waals surface area contributed by atoms with E-state index in [2.05, 4.69) is 20.9 Å². The average molecular weight is 579 g/mol. The van der Waals surface area contributed by atoms with Crippen LogP contribution in [0.4, 0.5) is 5.69 Å². The van der Waals surface area contributed by atoms with Gasteiger partial charge in [-0.05, 0) is 56.0 Å². The van der Waals surface area contributed by atoms with E-state index in [-0.39, 0.29) is 27.1 Å². The summed E-state index contributed by atoms with van der Waals surface area (Å²) in [4.78, 5) is 54.6. The molecule has 1 atom stereocenters. The molecule has 12 nitrogen and oxygen atoms in total. The summed E-state index contributed by atoms with van der Waals surface area (Å²) in [6.07, 6.45) is 2.48. The largest absolute Gasteiger partial charge is 0.459 e. The van der Waals surface area contributed by atoms with Gasteiger partial charge >= 0.3 is 5.97 Å². The third-order valence-electron chi connectivity index (χ3n) is 5.74. The number of carbonyl (C=O) groups excluding carboxylic acids is 4. The van der Waals surface area contributed by atoms with Crippen LogP contribution in [0, 0.1) is 0 Å². The molecule has 3 rings (SSSR count). The highest BCUT2D eigenvalue weighted by atomic mass is 35.5. The first kappa shape index (κ1) is 29.7. The minimum Gasteiger partial charge on any atom is -0.459 e. The Labute approximate surface area is 234 Å². The van der Waals surface area contributed by atoms with Crippen molar-refractivity contribution in [1.82, 2.24) is 16.0 Å². The van der Waals surface area contributed by atoms with Crippen molar-refractivity contribution in [2.75, 3.05) is 13.1 Å². The number of aliphatic imine (C=N–C) groups is 1. The maximum atomic E-state index is 12.9. The van der Waals surface area contributed by atoms with Gasteiger partial charge in [0.1, 0.15) is 6.10 Å². The van der Waals surface area contributed by atoms with Crippen molar-refractivity contribution in [3.05, 3.63) is 63.6 Å². The van der Waals surface area contributed by atoms with Gasteiger partial charge in [0.2, 0.25) is 5.91 Å². The number of nitrogens with two attached hydrogens (primary N) is 2. The van der Waals surface area contributed by atoms with E-state index in [1.165, 1.54) is 30.3 Å². The fraction of sp³-hybridized carbons (Fsp3) is 0.320. The standard InChI is InChI=1S/C25H28Cl2N6O6/c26-17-9-4-10-18(27)20(17)22(36)33-25(38,23(37)39-16-7-1-2-8-16)13-31-19(34)12-30-21(35)14-5-3-6-15(11-14)32-24(28)29/h3-6,9-11,16,38H,1-2,7-8,12-13H2,(H,30,35)(H,31,34)(H,33,36)(H4,28,29,32). The molecule has 0 radical (unpaired) electrons. The van der Waals surface area contributed by atoms with Crippen molar-refractivity contribution in [3.63, 3.8) is 0 Å². The van der Waals surface area contributed by atoms with E-state index in [9.17, 15) is 24.3 Å². The summed E-state index contributed by atoms with van der Waals surface area (Å²) in [5.41, 5.74) is 8.39. The highest BCUT2D eigenvalue weighted by Crippen LogP contribution is 2.26. The van der Waals surface area contributed by atoms with Crippen LogP contribution in [0.15, 0.2) is 47.5 Å². The fourth-order valence-electron chi connectivity index (χ4n) is 3.80. The molecule has 1 unspecified atom stereocenters. The number of halogens is 2. The monoisotopic (exact) mass is 578 g/mol. The molecule has 39 heavy (non-hydrogen) atoms. The van der Waals surface area contributed by atoms with Crippen LogP contribution >= 0.6 is 23.2 Å². The van der Waals surface area contributed by atoms with E-state index in [1.54, 1.807) is 12.1 Å². The lowest BCUT2D eigenvalue weighted by atomic mass is 10.1. The van der Waals surface area contributed by atoms with Crippen LogP contribution in [-0.2, 0) is 14.3 Å². The van der Waals surface area contributed by atoms with Gasteiger partial charge in [-0.25, -0.2) is 9.79 Å². The van der Waals surface area contributed by atoms with Gasteiger partial charge in [-0.1, -0.05) is 35.3 Å². The van der Waals surface area contributed by atoms with Crippen LogP contribution in [0.2, 0.25) is 10.0 Å². The zero-order chi connectivity index (χ0) is 28.6. The van der Waals surface area contributed by atoms with Crippen molar-refractivity contribution < 1.29 is 29.0 Å². The van der Waals surface area contributed by atoms with Gasteiger partial charge in [-0.2, -0.15) is 0 Å². The van der Waals surface area contributed by atoms with Crippen molar-refractivity contribution >= 4 is 58.5 Å². The van der Waals surface area contributed by atoms with Crippen LogP contribution < -0.4 is 27.4 Å². The Hall–Kier alpha value is -3.87. The molecule has 0 aromatic heterocycles. The van der Waals surface area contributed by atoms with Crippen molar-refractivity contribution in [1.29, 1.82) is 0 Å². The fourth-order valence-corrected chi connectivity index (χ4v) is 4.37. The number of carbonyl (C=O) groups is 4. The number of rotatable bonds is 10. The van der Waals surface area contributed by atoms with E-state index < -0.39 is 48.6 Å². The Kier molecular flexibility index (Phi) is 10.1. The summed E-state index contributed by atoms with van der Waals surface area (Å²) in [5, 5.41) is 18.0. The highest BCUT2D eigenvalue weighted by molar-refractivity contribution is 6.39. The number of nitrogens with zero attached hydrogens (tertiary/aromatic N) is 1. The Balaban J connectivity index is 1.66.